The first-order chi connectivity index (χ1) is 10.7. The Labute approximate surface area is 134 Å². The normalized spacial score (nSPS) is 10.7. The van der Waals surface area contributed by atoms with Crippen LogP contribution in [0.1, 0.15) is 0 Å². The van der Waals surface area contributed by atoms with Gasteiger partial charge in [0, 0.05) is 0 Å². The average molecular weight is 363 g/mol. The Morgan fingerprint density at radius 3 is 2.27 bits per heavy atom. The Bertz CT molecular complexity index is 776. The number of rotatable bonds is 5. The molecule has 0 bridgehead atoms. The summed E-state index contributed by atoms with van der Waals surface area (Å²) < 4.78 is 18.6. The van der Waals surface area contributed by atoms with E-state index in [2.05, 4.69) is 22.1 Å². The molecule has 0 fully saturated rings. The van der Waals surface area contributed by atoms with E-state index in [1.165, 1.54) is 4.46 Å². The van der Waals surface area contributed by atoms with Crippen LogP contribution in [-0.2, 0) is 0 Å². The van der Waals surface area contributed by atoms with Gasteiger partial charge in [0.25, 0.3) is 0 Å². The molecule has 1 aromatic heterocycles. The topological polar surface area (TPSA) is 56.4 Å². The molecule has 0 spiro atoms. The van der Waals surface area contributed by atoms with E-state index in [1.807, 2.05) is 18.2 Å². The van der Waals surface area contributed by atoms with E-state index in [0.717, 1.165) is 15.5 Å². The van der Waals surface area contributed by atoms with Crippen molar-refractivity contribution in [2.45, 2.75) is 0 Å². The monoisotopic (exact) mass is 364 g/mol. The molecule has 0 aliphatic rings. The van der Waals surface area contributed by atoms with Crippen LogP contribution >= 0.6 is 0 Å². The Balaban J connectivity index is 1.97. The Hall–Kier alpha value is -2.17. The van der Waals surface area contributed by atoms with Crippen molar-refractivity contribution >= 4 is 34.9 Å². The number of ether oxygens (including phenoxy) is 3. The third-order valence-electron chi connectivity index (χ3n) is 3.27. The van der Waals surface area contributed by atoms with Crippen molar-refractivity contribution < 1.29 is 14.2 Å². The van der Waals surface area contributed by atoms with Gasteiger partial charge in [-0.1, -0.05) is 0 Å². The van der Waals surface area contributed by atoms with Gasteiger partial charge in [-0.15, -0.1) is 0 Å². The molecule has 114 valence electrons. The summed E-state index contributed by atoms with van der Waals surface area (Å²) in [6, 6.07) is 10.3. The zero-order valence-electron chi connectivity index (χ0n) is 12.5. The first kappa shape index (κ1) is 14.8. The SMILES string of the molecule is COc1cc([Se]c2ccc3nc[nH]c3c2)cc(OC)c1OC. The third-order valence-corrected chi connectivity index (χ3v) is 5.28. The number of aromatic nitrogens is 2. The average Bonchev–Trinajstić information content (AvgIpc) is 3.01. The van der Waals surface area contributed by atoms with Crippen LogP contribution < -0.4 is 23.1 Å². The molecule has 2 aromatic carbocycles. The zero-order chi connectivity index (χ0) is 15.5. The number of methoxy groups -OCH3 is 3. The van der Waals surface area contributed by atoms with Crippen LogP contribution in [0.15, 0.2) is 36.7 Å². The predicted octanol–water partition coefficient (Wildman–Crippen LogP) is 1.24. The Morgan fingerprint density at radius 1 is 0.909 bits per heavy atom. The van der Waals surface area contributed by atoms with Crippen molar-refractivity contribution in [1.29, 1.82) is 0 Å². The van der Waals surface area contributed by atoms with Crippen LogP contribution in [0.4, 0.5) is 0 Å². The van der Waals surface area contributed by atoms with Gasteiger partial charge in [0.05, 0.1) is 0 Å². The third kappa shape index (κ3) is 2.75. The van der Waals surface area contributed by atoms with E-state index in [-0.39, 0.29) is 15.0 Å². The fourth-order valence-electron chi connectivity index (χ4n) is 2.23. The van der Waals surface area contributed by atoms with E-state index in [4.69, 9.17) is 14.2 Å². The number of aromatic amines is 1. The molecule has 0 aliphatic heterocycles. The minimum atomic E-state index is 0.131. The minimum absolute atomic E-state index is 0.131. The summed E-state index contributed by atoms with van der Waals surface area (Å²) in [6.07, 6.45) is 1.71. The molecule has 0 saturated heterocycles. The number of H-pyrrole nitrogens is 1. The standard InChI is InChI=1S/C16H16N2O3Se/c1-19-14-7-11(8-15(20-2)16(14)21-3)22-10-4-5-12-13(6-10)18-9-17-12/h4-9H,1-3H3,(H,17,18). The number of hydrogen-bond donors (Lipinski definition) is 1. The van der Waals surface area contributed by atoms with E-state index >= 15 is 0 Å². The van der Waals surface area contributed by atoms with Crippen LogP contribution in [0.5, 0.6) is 17.2 Å². The maximum atomic E-state index is 5.40. The fourth-order valence-corrected chi connectivity index (χ4v) is 4.15. The summed E-state index contributed by atoms with van der Waals surface area (Å²) >= 11 is 0.131. The molecular formula is C16H16N2O3Se. The molecule has 22 heavy (non-hydrogen) atoms. The molecule has 0 aliphatic carbocycles. The van der Waals surface area contributed by atoms with E-state index in [1.54, 1.807) is 27.7 Å². The van der Waals surface area contributed by atoms with Crippen LogP contribution in [-0.4, -0.2) is 46.3 Å². The second-order valence-electron chi connectivity index (χ2n) is 4.54. The molecule has 0 radical (unpaired) electrons. The quantitative estimate of drug-likeness (QED) is 0.694. The van der Waals surface area contributed by atoms with Crippen molar-refractivity contribution in [2.75, 3.05) is 21.3 Å². The fraction of sp³-hybridized carbons (Fsp3) is 0.188. The summed E-state index contributed by atoms with van der Waals surface area (Å²) in [6.45, 7) is 0. The first-order valence-corrected chi connectivity index (χ1v) is 8.37. The summed E-state index contributed by atoms with van der Waals surface area (Å²) in [5, 5.41) is 0. The first-order valence-electron chi connectivity index (χ1n) is 6.66. The summed E-state index contributed by atoms with van der Waals surface area (Å²) in [5.74, 6) is 1.98. The van der Waals surface area contributed by atoms with Crippen LogP contribution in [0.25, 0.3) is 11.0 Å². The molecule has 6 heteroatoms. The Morgan fingerprint density at radius 2 is 1.64 bits per heavy atom. The number of benzene rings is 2. The van der Waals surface area contributed by atoms with Gasteiger partial charge in [0.2, 0.25) is 0 Å². The van der Waals surface area contributed by atoms with Gasteiger partial charge >= 0.3 is 134 Å². The molecule has 5 nitrogen and oxygen atoms in total. The summed E-state index contributed by atoms with van der Waals surface area (Å²) in [4.78, 5) is 7.38. The van der Waals surface area contributed by atoms with Crippen molar-refractivity contribution in [3.63, 3.8) is 0 Å². The number of nitrogens with zero attached hydrogens (tertiary/aromatic N) is 1. The number of hydrogen-bond acceptors (Lipinski definition) is 4. The molecule has 0 saturated carbocycles. The molecule has 1 heterocycles. The van der Waals surface area contributed by atoms with Crippen LogP contribution in [0, 0.1) is 0 Å². The predicted molar refractivity (Wildman–Crippen MR) is 87.2 cm³/mol. The van der Waals surface area contributed by atoms with Crippen molar-refractivity contribution in [3.8, 4) is 17.2 Å². The molecule has 0 unspecified atom stereocenters. The molecule has 1 N–H and O–H groups in total. The zero-order valence-corrected chi connectivity index (χ0v) is 14.3. The van der Waals surface area contributed by atoms with Crippen molar-refractivity contribution in [2.24, 2.45) is 0 Å². The molecule has 3 rings (SSSR count). The number of nitrogens with one attached hydrogen (secondary N) is 1. The van der Waals surface area contributed by atoms with Gasteiger partial charge in [-0.3, -0.25) is 0 Å². The van der Waals surface area contributed by atoms with Crippen LogP contribution in [0.2, 0.25) is 0 Å². The van der Waals surface area contributed by atoms with Gasteiger partial charge < -0.3 is 0 Å². The number of imidazole rings is 1. The van der Waals surface area contributed by atoms with Crippen LogP contribution in [0.3, 0.4) is 0 Å². The Kier molecular flexibility index (Phi) is 4.22. The van der Waals surface area contributed by atoms with Crippen molar-refractivity contribution in [1.82, 2.24) is 9.97 Å². The van der Waals surface area contributed by atoms with Crippen molar-refractivity contribution in [3.05, 3.63) is 36.7 Å². The molecule has 0 amide bonds. The van der Waals surface area contributed by atoms with E-state index < -0.39 is 0 Å². The van der Waals surface area contributed by atoms with Gasteiger partial charge in [-0.25, -0.2) is 0 Å². The maximum absolute atomic E-state index is 5.40. The number of fused-ring (bicyclic) bond motifs is 1. The van der Waals surface area contributed by atoms with Gasteiger partial charge in [-0.05, 0) is 0 Å². The van der Waals surface area contributed by atoms with Gasteiger partial charge in [0.15, 0.2) is 0 Å². The van der Waals surface area contributed by atoms with Gasteiger partial charge in [0.1, 0.15) is 0 Å². The van der Waals surface area contributed by atoms with E-state index in [0.29, 0.717) is 17.2 Å². The summed E-state index contributed by atoms with van der Waals surface area (Å²) in [7, 11) is 4.87. The van der Waals surface area contributed by atoms with E-state index in [9.17, 15) is 0 Å². The second-order valence-corrected chi connectivity index (χ2v) is 6.95. The van der Waals surface area contributed by atoms with Gasteiger partial charge in [-0.2, -0.15) is 0 Å². The molecule has 0 atom stereocenters. The summed E-state index contributed by atoms with van der Waals surface area (Å²) in [5.41, 5.74) is 2.02. The second kappa shape index (κ2) is 6.30. The molecular weight excluding hydrogens is 347 g/mol. The molecule has 3 aromatic rings.